The quantitative estimate of drug-likeness (QED) is 0.416. The molecule has 0 spiro atoms. The summed E-state index contributed by atoms with van der Waals surface area (Å²) in [5.41, 5.74) is 0.933. The van der Waals surface area contributed by atoms with E-state index in [2.05, 4.69) is 10.3 Å². The molecule has 0 saturated carbocycles. The molecule has 1 amide bonds. The van der Waals surface area contributed by atoms with Crippen molar-refractivity contribution < 1.29 is 18.0 Å². The number of benzene rings is 2. The van der Waals surface area contributed by atoms with E-state index in [9.17, 15) is 22.8 Å². The number of H-pyrrole nitrogens is 1. The SMILES string of the molecule is O=C(Cn1cc(C(F)(F)F)ccc1=O)NCC(c1ccccc1Cl)c1c[nH]c2ccccc12. The number of halogens is 4. The summed E-state index contributed by atoms with van der Waals surface area (Å²) in [5.74, 6) is -0.912. The van der Waals surface area contributed by atoms with Crippen LogP contribution >= 0.6 is 11.6 Å². The topological polar surface area (TPSA) is 66.9 Å². The average molecular weight is 474 g/mol. The molecule has 5 nitrogen and oxygen atoms in total. The summed E-state index contributed by atoms with van der Waals surface area (Å²) >= 11 is 6.44. The van der Waals surface area contributed by atoms with Crippen LogP contribution in [0.25, 0.3) is 10.9 Å². The summed E-state index contributed by atoms with van der Waals surface area (Å²) < 4.78 is 39.7. The summed E-state index contributed by atoms with van der Waals surface area (Å²) in [6.07, 6.45) is -2.12. The number of pyridine rings is 1. The minimum absolute atomic E-state index is 0.137. The van der Waals surface area contributed by atoms with E-state index in [0.29, 0.717) is 17.3 Å². The van der Waals surface area contributed by atoms with Gasteiger partial charge in [0, 0.05) is 46.8 Å². The molecule has 4 rings (SSSR count). The lowest BCUT2D eigenvalue weighted by Gasteiger charge is -2.20. The highest BCUT2D eigenvalue weighted by Gasteiger charge is 2.31. The molecule has 0 aliphatic heterocycles. The van der Waals surface area contributed by atoms with Gasteiger partial charge in [0.05, 0.1) is 5.56 Å². The van der Waals surface area contributed by atoms with Crippen LogP contribution < -0.4 is 10.9 Å². The fourth-order valence-corrected chi connectivity index (χ4v) is 4.04. The van der Waals surface area contributed by atoms with Gasteiger partial charge in [-0.3, -0.25) is 9.59 Å². The van der Waals surface area contributed by atoms with Crippen molar-refractivity contribution in [3.05, 3.63) is 105 Å². The van der Waals surface area contributed by atoms with Gasteiger partial charge in [0.25, 0.3) is 5.56 Å². The van der Waals surface area contributed by atoms with Gasteiger partial charge in [-0.05, 0) is 29.3 Å². The average Bonchev–Trinajstić information content (AvgIpc) is 3.20. The van der Waals surface area contributed by atoms with E-state index >= 15 is 0 Å². The van der Waals surface area contributed by atoms with Crippen LogP contribution in [0.3, 0.4) is 0 Å². The molecule has 1 atom stereocenters. The summed E-state index contributed by atoms with van der Waals surface area (Å²) in [5, 5.41) is 4.23. The Labute approximate surface area is 191 Å². The molecule has 2 aromatic heterocycles. The molecule has 0 aliphatic carbocycles. The van der Waals surface area contributed by atoms with E-state index in [1.807, 2.05) is 42.6 Å². The Kier molecular flexibility index (Phi) is 6.29. The highest BCUT2D eigenvalue weighted by molar-refractivity contribution is 6.31. The summed E-state index contributed by atoms with van der Waals surface area (Å²) in [7, 11) is 0. The third-order valence-electron chi connectivity index (χ3n) is 5.41. The lowest BCUT2D eigenvalue weighted by molar-refractivity contribution is -0.138. The first kappa shape index (κ1) is 22.7. The Morgan fingerprint density at radius 3 is 2.52 bits per heavy atom. The van der Waals surface area contributed by atoms with Gasteiger partial charge in [-0.25, -0.2) is 0 Å². The monoisotopic (exact) mass is 473 g/mol. The molecule has 2 N–H and O–H groups in total. The van der Waals surface area contributed by atoms with Gasteiger partial charge in [0.2, 0.25) is 5.91 Å². The van der Waals surface area contributed by atoms with Crippen LogP contribution in [0.15, 0.2) is 77.9 Å². The highest BCUT2D eigenvalue weighted by Crippen LogP contribution is 2.34. The molecule has 33 heavy (non-hydrogen) atoms. The van der Waals surface area contributed by atoms with Crippen LogP contribution in [-0.4, -0.2) is 22.0 Å². The smallest absolute Gasteiger partial charge is 0.361 e. The Morgan fingerprint density at radius 1 is 1.03 bits per heavy atom. The number of aromatic nitrogens is 2. The molecule has 4 aromatic rings. The van der Waals surface area contributed by atoms with E-state index in [-0.39, 0.29) is 12.5 Å². The number of alkyl halides is 3. The third kappa shape index (κ3) is 4.96. The molecule has 0 fully saturated rings. The molecule has 1 unspecified atom stereocenters. The molecule has 2 heterocycles. The lowest BCUT2D eigenvalue weighted by Crippen LogP contribution is -2.35. The van der Waals surface area contributed by atoms with E-state index in [0.717, 1.165) is 32.7 Å². The van der Waals surface area contributed by atoms with Crippen molar-refractivity contribution in [2.24, 2.45) is 0 Å². The van der Waals surface area contributed by atoms with Crippen molar-refractivity contribution in [1.29, 1.82) is 0 Å². The largest absolute Gasteiger partial charge is 0.417 e. The number of aromatic amines is 1. The molecular weight excluding hydrogens is 455 g/mol. The standard InChI is InChI=1S/C24H19ClF3N3O2/c25-20-7-3-1-5-16(20)18(19-11-29-21-8-4-2-6-17(19)21)12-30-22(32)14-31-13-15(24(26,27)28)9-10-23(31)33/h1-11,13,18,29H,12,14H2,(H,30,32). The zero-order valence-corrected chi connectivity index (χ0v) is 18.0. The van der Waals surface area contributed by atoms with Crippen molar-refractivity contribution in [3.8, 4) is 0 Å². The van der Waals surface area contributed by atoms with Crippen LogP contribution in [0.5, 0.6) is 0 Å². The number of amides is 1. The van der Waals surface area contributed by atoms with E-state index < -0.39 is 29.8 Å². The summed E-state index contributed by atoms with van der Waals surface area (Å²) in [6.45, 7) is -0.399. The fraction of sp³-hybridized carbons (Fsp3) is 0.167. The molecule has 0 radical (unpaired) electrons. The number of rotatable bonds is 6. The predicted molar refractivity (Wildman–Crippen MR) is 120 cm³/mol. The first-order valence-corrected chi connectivity index (χ1v) is 10.5. The molecule has 0 bridgehead atoms. The predicted octanol–water partition coefficient (Wildman–Crippen LogP) is 4.95. The number of hydrogen-bond acceptors (Lipinski definition) is 2. The fourth-order valence-electron chi connectivity index (χ4n) is 3.78. The molecule has 170 valence electrons. The van der Waals surface area contributed by atoms with E-state index in [1.54, 1.807) is 12.1 Å². The Hall–Kier alpha value is -3.52. The zero-order chi connectivity index (χ0) is 23.6. The number of fused-ring (bicyclic) bond motifs is 1. The second-order valence-electron chi connectivity index (χ2n) is 7.55. The maximum atomic E-state index is 13.0. The maximum absolute atomic E-state index is 13.0. The first-order valence-electron chi connectivity index (χ1n) is 10.1. The van der Waals surface area contributed by atoms with Crippen molar-refractivity contribution in [2.45, 2.75) is 18.6 Å². The summed E-state index contributed by atoms with van der Waals surface area (Å²) in [4.78, 5) is 27.8. The highest BCUT2D eigenvalue weighted by atomic mass is 35.5. The molecule has 2 aromatic carbocycles. The lowest BCUT2D eigenvalue weighted by atomic mass is 9.90. The van der Waals surface area contributed by atoms with Gasteiger partial charge in [-0.15, -0.1) is 0 Å². The molecule has 0 aliphatic rings. The number of carbonyl (C=O) groups is 1. The second kappa shape index (κ2) is 9.15. The normalized spacial score (nSPS) is 12.6. The van der Waals surface area contributed by atoms with Gasteiger partial charge in [0.15, 0.2) is 0 Å². The van der Waals surface area contributed by atoms with Crippen LogP contribution in [-0.2, 0) is 17.5 Å². The minimum atomic E-state index is -4.61. The van der Waals surface area contributed by atoms with Crippen molar-refractivity contribution >= 4 is 28.4 Å². The van der Waals surface area contributed by atoms with Gasteiger partial charge >= 0.3 is 6.18 Å². The summed E-state index contributed by atoms with van der Waals surface area (Å²) in [6, 6.07) is 16.4. The molecule has 9 heteroatoms. The van der Waals surface area contributed by atoms with Gasteiger partial charge < -0.3 is 14.9 Å². The van der Waals surface area contributed by atoms with Crippen LogP contribution in [0, 0.1) is 0 Å². The number of para-hydroxylation sites is 1. The number of carbonyl (C=O) groups excluding carboxylic acids is 1. The molecular formula is C24H19ClF3N3O2. The van der Waals surface area contributed by atoms with E-state index in [1.165, 1.54) is 0 Å². The first-order chi connectivity index (χ1) is 15.7. The van der Waals surface area contributed by atoms with Crippen LogP contribution in [0.4, 0.5) is 13.2 Å². The van der Waals surface area contributed by atoms with Crippen LogP contribution in [0.2, 0.25) is 5.02 Å². The molecule has 0 saturated heterocycles. The van der Waals surface area contributed by atoms with Crippen LogP contribution in [0.1, 0.15) is 22.6 Å². The Balaban J connectivity index is 1.59. The Morgan fingerprint density at radius 2 is 1.76 bits per heavy atom. The number of hydrogen-bond donors (Lipinski definition) is 2. The van der Waals surface area contributed by atoms with Crippen molar-refractivity contribution in [1.82, 2.24) is 14.9 Å². The van der Waals surface area contributed by atoms with Gasteiger partial charge in [-0.2, -0.15) is 13.2 Å². The van der Waals surface area contributed by atoms with Gasteiger partial charge in [-0.1, -0.05) is 48.0 Å². The maximum Gasteiger partial charge on any atom is 0.417 e. The number of nitrogens with zero attached hydrogens (tertiary/aromatic N) is 1. The minimum Gasteiger partial charge on any atom is -0.361 e. The van der Waals surface area contributed by atoms with E-state index in [4.69, 9.17) is 11.6 Å². The number of nitrogens with one attached hydrogen (secondary N) is 2. The Bertz CT molecular complexity index is 1360. The zero-order valence-electron chi connectivity index (χ0n) is 17.2. The van der Waals surface area contributed by atoms with Gasteiger partial charge in [0.1, 0.15) is 6.54 Å². The third-order valence-corrected chi connectivity index (χ3v) is 5.75. The second-order valence-corrected chi connectivity index (χ2v) is 7.96. The van der Waals surface area contributed by atoms with Crippen molar-refractivity contribution in [2.75, 3.05) is 6.54 Å². The van der Waals surface area contributed by atoms with Crippen molar-refractivity contribution in [3.63, 3.8) is 0 Å².